The first-order valence-electron chi connectivity index (χ1n) is 5.72. The summed E-state index contributed by atoms with van der Waals surface area (Å²) in [5.74, 6) is 0. The number of aromatic nitrogens is 2. The van der Waals surface area contributed by atoms with Crippen molar-refractivity contribution < 1.29 is 0 Å². The van der Waals surface area contributed by atoms with E-state index in [-0.39, 0.29) is 0 Å². The van der Waals surface area contributed by atoms with Crippen molar-refractivity contribution in [1.29, 1.82) is 0 Å². The Bertz CT molecular complexity index is 666. The van der Waals surface area contributed by atoms with Crippen molar-refractivity contribution in [2.45, 2.75) is 6.92 Å². The molecule has 84 valence electrons. The summed E-state index contributed by atoms with van der Waals surface area (Å²) < 4.78 is 2.21. The van der Waals surface area contributed by atoms with Crippen molar-refractivity contribution in [3.8, 4) is 11.1 Å². The molecular formula is C15H14N2. The fourth-order valence-corrected chi connectivity index (χ4v) is 2.21. The van der Waals surface area contributed by atoms with Crippen LogP contribution in [-0.2, 0) is 7.05 Å². The van der Waals surface area contributed by atoms with E-state index in [1.165, 1.54) is 27.7 Å². The molecule has 2 heterocycles. The highest BCUT2D eigenvalue weighted by atomic mass is 14.9. The highest BCUT2D eigenvalue weighted by Crippen LogP contribution is 2.25. The van der Waals surface area contributed by atoms with E-state index in [2.05, 4.69) is 47.8 Å². The second-order valence-electron chi connectivity index (χ2n) is 4.35. The highest BCUT2D eigenvalue weighted by Gasteiger charge is 2.04. The second kappa shape index (κ2) is 3.74. The zero-order valence-corrected chi connectivity index (χ0v) is 10.0. The SMILES string of the molecule is Cc1cc2cc(-c3ccncc3)ccc2n1C. The third-order valence-corrected chi connectivity index (χ3v) is 3.30. The van der Waals surface area contributed by atoms with E-state index < -0.39 is 0 Å². The maximum absolute atomic E-state index is 4.05. The van der Waals surface area contributed by atoms with Gasteiger partial charge in [0.15, 0.2) is 0 Å². The lowest BCUT2D eigenvalue weighted by molar-refractivity contribution is 0.918. The van der Waals surface area contributed by atoms with Crippen molar-refractivity contribution in [3.05, 3.63) is 54.5 Å². The van der Waals surface area contributed by atoms with Crippen LogP contribution in [0.1, 0.15) is 5.69 Å². The molecule has 0 unspecified atom stereocenters. The Morgan fingerprint density at radius 3 is 2.47 bits per heavy atom. The average molecular weight is 222 g/mol. The van der Waals surface area contributed by atoms with Gasteiger partial charge in [0.2, 0.25) is 0 Å². The predicted octanol–water partition coefficient (Wildman–Crippen LogP) is 3.55. The van der Waals surface area contributed by atoms with E-state index >= 15 is 0 Å². The van der Waals surface area contributed by atoms with Crippen LogP contribution in [0.2, 0.25) is 0 Å². The Morgan fingerprint density at radius 1 is 0.941 bits per heavy atom. The molecular weight excluding hydrogens is 208 g/mol. The number of benzene rings is 1. The summed E-state index contributed by atoms with van der Waals surface area (Å²) in [6.07, 6.45) is 3.66. The average Bonchev–Trinajstić information content (AvgIpc) is 2.66. The lowest BCUT2D eigenvalue weighted by Crippen LogP contribution is -1.88. The third-order valence-electron chi connectivity index (χ3n) is 3.30. The molecule has 0 aliphatic carbocycles. The fraction of sp³-hybridized carbons (Fsp3) is 0.133. The fourth-order valence-electron chi connectivity index (χ4n) is 2.21. The number of aryl methyl sites for hydroxylation is 2. The molecule has 0 atom stereocenters. The number of fused-ring (bicyclic) bond motifs is 1. The first-order valence-corrected chi connectivity index (χ1v) is 5.72. The summed E-state index contributed by atoms with van der Waals surface area (Å²) in [6.45, 7) is 2.13. The van der Waals surface area contributed by atoms with Gasteiger partial charge < -0.3 is 4.57 Å². The van der Waals surface area contributed by atoms with E-state index in [0.717, 1.165) is 0 Å². The van der Waals surface area contributed by atoms with E-state index in [4.69, 9.17) is 0 Å². The minimum Gasteiger partial charge on any atom is -0.348 e. The predicted molar refractivity (Wildman–Crippen MR) is 70.9 cm³/mol. The Balaban J connectivity index is 2.21. The highest BCUT2D eigenvalue weighted by molar-refractivity contribution is 5.86. The Labute approximate surface area is 101 Å². The van der Waals surface area contributed by atoms with E-state index in [1.54, 1.807) is 0 Å². The number of hydrogen-bond donors (Lipinski definition) is 0. The lowest BCUT2D eigenvalue weighted by Gasteiger charge is -2.02. The largest absolute Gasteiger partial charge is 0.348 e. The van der Waals surface area contributed by atoms with E-state index in [0.29, 0.717) is 0 Å². The number of rotatable bonds is 1. The van der Waals surface area contributed by atoms with Gasteiger partial charge in [-0.3, -0.25) is 4.98 Å². The van der Waals surface area contributed by atoms with Crippen LogP contribution >= 0.6 is 0 Å². The molecule has 0 amide bonds. The zero-order valence-electron chi connectivity index (χ0n) is 10.0. The summed E-state index contributed by atoms with van der Waals surface area (Å²) in [5, 5.41) is 1.29. The van der Waals surface area contributed by atoms with Gasteiger partial charge in [-0.1, -0.05) is 6.07 Å². The van der Waals surface area contributed by atoms with Crippen LogP contribution in [-0.4, -0.2) is 9.55 Å². The van der Waals surface area contributed by atoms with Crippen LogP contribution in [0.25, 0.3) is 22.0 Å². The Morgan fingerprint density at radius 2 is 1.71 bits per heavy atom. The summed E-state index contributed by atoms with van der Waals surface area (Å²) in [7, 11) is 2.10. The van der Waals surface area contributed by atoms with Crippen LogP contribution < -0.4 is 0 Å². The zero-order chi connectivity index (χ0) is 11.8. The minimum atomic E-state index is 1.21. The molecule has 0 saturated heterocycles. The molecule has 0 spiro atoms. The van der Waals surface area contributed by atoms with Crippen molar-refractivity contribution in [1.82, 2.24) is 9.55 Å². The molecule has 17 heavy (non-hydrogen) atoms. The maximum atomic E-state index is 4.05. The van der Waals surface area contributed by atoms with Gasteiger partial charge in [-0.25, -0.2) is 0 Å². The lowest BCUT2D eigenvalue weighted by atomic mass is 10.1. The summed E-state index contributed by atoms with van der Waals surface area (Å²) >= 11 is 0. The van der Waals surface area contributed by atoms with Gasteiger partial charge in [0.25, 0.3) is 0 Å². The quantitative estimate of drug-likeness (QED) is 0.615. The third kappa shape index (κ3) is 1.62. The molecule has 0 saturated carbocycles. The van der Waals surface area contributed by atoms with E-state index in [9.17, 15) is 0 Å². The van der Waals surface area contributed by atoms with Crippen LogP contribution in [0.4, 0.5) is 0 Å². The van der Waals surface area contributed by atoms with E-state index in [1.807, 2.05) is 24.5 Å². The molecule has 0 aliphatic heterocycles. The number of pyridine rings is 1. The molecule has 1 aromatic carbocycles. The second-order valence-corrected chi connectivity index (χ2v) is 4.35. The molecule has 0 aliphatic rings. The molecule has 0 fully saturated rings. The molecule has 0 bridgehead atoms. The first kappa shape index (κ1) is 10.1. The van der Waals surface area contributed by atoms with Gasteiger partial charge in [-0.15, -0.1) is 0 Å². The summed E-state index contributed by atoms with van der Waals surface area (Å²) in [5.41, 5.74) is 5.01. The van der Waals surface area contributed by atoms with Crippen molar-refractivity contribution in [2.75, 3.05) is 0 Å². The number of nitrogens with zero attached hydrogens (tertiary/aromatic N) is 2. The van der Waals surface area contributed by atoms with Crippen molar-refractivity contribution in [3.63, 3.8) is 0 Å². The van der Waals surface area contributed by atoms with Crippen LogP contribution in [0.15, 0.2) is 48.8 Å². The van der Waals surface area contributed by atoms with Crippen molar-refractivity contribution >= 4 is 10.9 Å². The van der Waals surface area contributed by atoms with Gasteiger partial charge >= 0.3 is 0 Å². The summed E-state index contributed by atoms with van der Waals surface area (Å²) in [4.78, 5) is 4.05. The van der Waals surface area contributed by atoms with Crippen LogP contribution in [0, 0.1) is 6.92 Å². The topological polar surface area (TPSA) is 17.8 Å². The van der Waals surface area contributed by atoms with Gasteiger partial charge in [-0.2, -0.15) is 0 Å². The van der Waals surface area contributed by atoms with Gasteiger partial charge in [0.05, 0.1) is 0 Å². The van der Waals surface area contributed by atoms with Gasteiger partial charge in [-0.05, 0) is 48.4 Å². The minimum absolute atomic E-state index is 1.21. The summed E-state index contributed by atoms with van der Waals surface area (Å²) in [6, 6.07) is 12.9. The first-order chi connectivity index (χ1) is 8.25. The molecule has 0 N–H and O–H groups in total. The van der Waals surface area contributed by atoms with Crippen LogP contribution in [0.5, 0.6) is 0 Å². The molecule has 2 heteroatoms. The smallest absolute Gasteiger partial charge is 0.0480 e. The maximum Gasteiger partial charge on any atom is 0.0480 e. The number of hydrogen-bond acceptors (Lipinski definition) is 1. The molecule has 3 rings (SSSR count). The van der Waals surface area contributed by atoms with Gasteiger partial charge in [0, 0.05) is 36.0 Å². The Hall–Kier alpha value is -2.09. The van der Waals surface area contributed by atoms with Crippen molar-refractivity contribution in [2.24, 2.45) is 7.05 Å². The molecule has 0 radical (unpaired) electrons. The standard InChI is InChI=1S/C15H14N2/c1-11-9-14-10-13(3-4-15(14)17(11)2)12-5-7-16-8-6-12/h3-10H,1-2H3. The molecule has 2 aromatic heterocycles. The monoisotopic (exact) mass is 222 g/mol. The van der Waals surface area contributed by atoms with Gasteiger partial charge in [0.1, 0.15) is 0 Å². The Kier molecular flexibility index (Phi) is 2.22. The molecule has 2 nitrogen and oxygen atoms in total. The normalized spacial score (nSPS) is 10.9. The van der Waals surface area contributed by atoms with Crippen LogP contribution in [0.3, 0.4) is 0 Å². The molecule has 3 aromatic rings.